The van der Waals surface area contributed by atoms with Gasteiger partial charge in [-0.15, -0.1) is 0 Å². The summed E-state index contributed by atoms with van der Waals surface area (Å²) in [5.41, 5.74) is 1.08. The minimum atomic E-state index is -0.419. The molecule has 0 bridgehead atoms. The Morgan fingerprint density at radius 2 is 2.11 bits per heavy atom. The number of ether oxygens (including phenoxy) is 1. The summed E-state index contributed by atoms with van der Waals surface area (Å²) < 4.78 is 31.4. The number of halogens is 2. The van der Waals surface area contributed by atoms with Gasteiger partial charge in [0.1, 0.15) is 11.6 Å². The Morgan fingerprint density at radius 1 is 1.33 bits per heavy atom. The zero-order chi connectivity index (χ0) is 13.4. The molecule has 100 valence electrons. The highest BCUT2D eigenvalue weighted by Gasteiger charge is 2.04. The third-order valence-electron chi connectivity index (χ3n) is 2.61. The Morgan fingerprint density at radius 3 is 2.83 bits per heavy atom. The van der Waals surface area contributed by atoms with Crippen LogP contribution in [0.3, 0.4) is 0 Å². The van der Waals surface area contributed by atoms with E-state index in [1.54, 1.807) is 14.0 Å². The van der Waals surface area contributed by atoms with Gasteiger partial charge in [0.2, 0.25) is 0 Å². The maximum atomic E-state index is 13.5. The largest absolute Gasteiger partial charge is 0.383 e. The summed E-state index contributed by atoms with van der Waals surface area (Å²) in [6, 6.07) is 3.50. The zero-order valence-corrected chi connectivity index (χ0v) is 10.8. The van der Waals surface area contributed by atoms with Gasteiger partial charge in [0.05, 0.1) is 6.61 Å². The first-order valence-corrected chi connectivity index (χ1v) is 5.97. The van der Waals surface area contributed by atoms with E-state index in [2.05, 4.69) is 5.32 Å². The number of hydrogen-bond acceptors (Lipinski definition) is 2. The average molecular weight is 255 g/mol. The number of hydrogen-bond donors (Lipinski definition) is 1. The molecule has 0 aliphatic rings. The lowest BCUT2D eigenvalue weighted by Crippen LogP contribution is -2.19. The predicted octanol–water partition coefficient (Wildman–Crippen LogP) is 2.99. The van der Waals surface area contributed by atoms with Crippen molar-refractivity contribution in [2.75, 3.05) is 26.8 Å². The molecule has 0 aliphatic carbocycles. The standard InChI is InChI=1S/C14H19F2NO/c1-11(4-3-7-17-8-9-18-2)13-10-12(15)5-6-14(13)16/h4-6,10,17H,3,7-9H2,1-2H3. The average Bonchev–Trinajstić information content (AvgIpc) is 2.36. The maximum Gasteiger partial charge on any atom is 0.130 e. The highest BCUT2D eigenvalue weighted by molar-refractivity contribution is 5.64. The van der Waals surface area contributed by atoms with Crippen molar-refractivity contribution in [3.63, 3.8) is 0 Å². The van der Waals surface area contributed by atoms with Crippen LogP contribution in [-0.4, -0.2) is 26.8 Å². The Bertz CT molecular complexity index is 405. The smallest absolute Gasteiger partial charge is 0.130 e. The fourth-order valence-electron chi connectivity index (χ4n) is 1.60. The molecular weight excluding hydrogens is 236 g/mol. The van der Waals surface area contributed by atoms with E-state index in [4.69, 9.17) is 4.74 Å². The number of allylic oxidation sites excluding steroid dienone is 1. The van der Waals surface area contributed by atoms with Gasteiger partial charge >= 0.3 is 0 Å². The Hall–Kier alpha value is -1.26. The Labute approximate surface area is 107 Å². The maximum absolute atomic E-state index is 13.5. The molecule has 0 spiro atoms. The summed E-state index contributed by atoms with van der Waals surface area (Å²) in [6.07, 6.45) is 2.67. The quantitative estimate of drug-likeness (QED) is 0.756. The third kappa shape index (κ3) is 4.94. The van der Waals surface area contributed by atoms with Crippen molar-refractivity contribution in [1.29, 1.82) is 0 Å². The van der Waals surface area contributed by atoms with Gasteiger partial charge in [0.25, 0.3) is 0 Å². The molecule has 0 amide bonds. The van der Waals surface area contributed by atoms with E-state index in [1.807, 2.05) is 6.08 Å². The zero-order valence-electron chi connectivity index (χ0n) is 10.8. The van der Waals surface area contributed by atoms with Crippen molar-refractivity contribution in [1.82, 2.24) is 5.32 Å². The van der Waals surface area contributed by atoms with Crippen molar-refractivity contribution in [3.05, 3.63) is 41.5 Å². The van der Waals surface area contributed by atoms with Crippen molar-refractivity contribution in [2.45, 2.75) is 13.3 Å². The molecule has 0 heterocycles. The van der Waals surface area contributed by atoms with Gasteiger partial charge in [-0.3, -0.25) is 0 Å². The SMILES string of the molecule is COCCNCCC=C(C)c1cc(F)ccc1F. The molecule has 0 aliphatic heterocycles. The molecule has 0 radical (unpaired) electrons. The number of rotatable bonds is 7. The van der Waals surface area contributed by atoms with Crippen LogP contribution in [0.5, 0.6) is 0 Å². The molecule has 1 aromatic rings. The molecule has 18 heavy (non-hydrogen) atoms. The lowest BCUT2D eigenvalue weighted by molar-refractivity contribution is 0.199. The minimum absolute atomic E-state index is 0.326. The van der Waals surface area contributed by atoms with Gasteiger partial charge in [0.15, 0.2) is 0 Å². The normalized spacial score (nSPS) is 11.9. The van der Waals surface area contributed by atoms with Gasteiger partial charge < -0.3 is 10.1 Å². The summed E-state index contributed by atoms with van der Waals surface area (Å²) in [7, 11) is 1.65. The third-order valence-corrected chi connectivity index (χ3v) is 2.61. The van der Waals surface area contributed by atoms with Gasteiger partial charge in [-0.2, -0.15) is 0 Å². The lowest BCUT2D eigenvalue weighted by atomic mass is 10.1. The molecule has 0 saturated carbocycles. The van der Waals surface area contributed by atoms with E-state index in [-0.39, 0.29) is 0 Å². The first-order chi connectivity index (χ1) is 8.65. The molecule has 1 rings (SSSR count). The second-order valence-corrected chi connectivity index (χ2v) is 4.04. The fourth-order valence-corrected chi connectivity index (χ4v) is 1.60. The number of benzene rings is 1. The monoisotopic (exact) mass is 255 g/mol. The van der Waals surface area contributed by atoms with Crippen LogP contribution < -0.4 is 5.32 Å². The number of nitrogens with one attached hydrogen (secondary N) is 1. The highest BCUT2D eigenvalue weighted by atomic mass is 19.1. The van der Waals surface area contributed by atoms with E-state index in [0.29, 0.717) is 12.2 Å². The van der Waals surface area contributed by atoms with Crippen molar-refractivity contribution in [3.8, 4) is 0 Å². The van der Waals surface area contributed by atoms with E-state index >= 15 is 0 Å². The van der Waals surface area contributed by atoms with Gasteiger partial charge in [-0.05, 0) is 43.7 Å². The van der Waals surface area contributed by atoms with Crippen LogP contribution in [0.4, 0.5) is 8.78 Å². The van der Waals surface area contributed by atoms with E-state index in [0.717, 1.165) is 37.2 Å². The summed E-state index contributed by atoms with van der Waals surface area (Å²) >= 11 is 0. The molecular formula is C14H19F2NO. The molecule has 2 nitrogen and oxygen atoms in total. The first kappa shape index (κ1) is 14.8. The highest BCUT2D eigenvalue weighted by Crippen LogP contribution is 2.19. The van der Waals surface area contributed by atoms with Crippen LogP contribution in [0.25, 0.3) is 5.57 Å². The van der Waals surface area contributed by atoms with E-state index in [1.165, 1.54) is 6.07 Å². The lowest BCUT2D eigenvalue weighted by Gasteiger charge is -2.05. The summed E-state index contributed by atoms with van der Waals surface area (Å²) in [5.74, 6) is -0.810. The molecule has 1 N–H and O–H groups in total. The van der Waals surface area contributed by atoms with Gasteiger partial charge in [-0.1, -0.05) is 6.08 Å². The van der Waals surface area contributed by atoms with Crippen LogP contribution in [-0.2, 0) is 4.74 Å². The van der Waals surface area contributed by atoms with Crippen LogP contribution in [0.15, 0.2) is 24.3 Å². The molecule has 0 fully saturated rings. The van der Waals surface area contributed by atoms with Crippen LogP contribution in [0, 0.1) is 11.6 Å². The van der Waals surface area contributed by atoms with Crippen LogP contribution >= 0.6 is 0 Å². The molecule has 4 heteroatoms. The van der Waals surface area contributed by atoms with E-state index < -0.39 is 11.6 Å². The van der Waals surface area contributed by atoms with E-state index in [9.17, 15) is 8.78 Å². The summed E-state index contributed by atoms with van der Waals surface area (Å²) in [5, 5.41) is 3.18. The molecule has 0 atom stereocenters. The molecule has 0 unspecified atom stereocenters. The van der Waals surface area contributed by atoms with Crippen LogP contribution in [0.1, 0.15) is 18.9 Å². The first-order valence-electron chi connectivity index (χ1n) is 5.97. The van der Waals surface area contributed by atoms with Crippen molar-refractivity contribution in [2.24, 2.45) is 0 Å². The molecule has 0 saturated heterocycles. The topological polar surface area (TPSA) is 21.3 Å². The second-order valence-electron chi connectivity index (χ2n) is 4.04. The van der Waals surface area contributed by atoms with Crippen molar-refractivity contribution >= 4 is 5.57 Å². The summed E-state index contributed by atoms with van der Waals surface area (Å²) in [4.78, 5) is 0. The van der Waals surface area contributed by atoms with Crippen molar-refractivity contribution < 1.29 is 13.5 Å². The fraction of sp³-hybridized carbons (Fsp3) is 0.429. The minimum Gasteiger partial charge on any atom is -0.383 e. The van der Waals surface area contributed by atoms with Gasteiger partial charge in [0, 0.05) is 19.2 Å². The predicted molar refractivity (Wildman–Crippen MR) is 69.4 cm³/mol. The second kappa shape index (κ2) is 7.95. The molecule has 0 aromatic heterocycles. The van der Waals surface area contributed by atoms with Crippen LogP contribution in [0.2, 0.25) is 0 Å². The van der Waals surface area contributed by atoms with Gasteiger partial charge in [-0.25, -0.2) is 8.78 Å². The summed E-state index contributed by atoms with van der Waals surface area (Å²) in [6.45, 7) is 4.03. The molecule has 1 aromatic carbocycles. The Balaban J connectivity index is 2.47. The number of methoxy groups -OCH3 is 1. The Kier molecular flexibility index (Phi) is 6.54.